The number of hydrogen-bond donors (Lipinski definition) is 0. The Labute approximate surface area is 288 Å². The van der Waals surface area contributed by atoms with Gasteiger partial charge in [-0.15, -0.1) is 0 Å². The predicted molar refractivity (Wildman–Crippen MR) is 200 cm³/mol. The number of carbonyl (C=O) groups is 1. The minimum atomic E-state index is -2.55. The Bertz CT molecular complexity index is 1230. The molecule has 0 N–H and O–H groups in total. The maximum atomic E-state index is 12.8. The standard InChI is InChI=1S/C39H63NO5Si2/c1-30-28-32(20-19-27-43-47(39(6,7)8,34-21-15-13-16-22-34)35-23-17-14-18-24-35)44-36(30)26-25-33(45-46(11,12)38(3,4)5)29-31(2)37(41)40(9)42-10/h13-18,21-24,31-33,36H,1,19-20,25-29H2,2-12H3/t31?,32?,33-,36?/m0/s1. The van der Waals surface area contributed by atoms with Gasteiger partial charge in [0.1, 0.15) is 0 Å². The van der Waals surface area contributed by atoms with E-state index in [0.717, 1.165) is 37.7 Å². The molecule has 0 aromatic heterocycles. The van der Waals surface area contributed by atoms with Crippen molar-refractivity contribution in [3.8, 4) is 0 Å². The van der Waals surface area contributed by atoms with Gasteiger partial charge in [0.05, 0.1) is 19.3 Å². The van der Waals surface area contributed by atoms with E-state index in [1.54, 1.807) is 7.05 Å². The monoisotopic (exact) mass is 681 g/mol. The molecule has 6 nitrogen and oxygen atoms in total. The molecular weight excluding hydrogens is 619 g/mol. The van der Waals surface area contributed by atoms with Gasteiger partial charge in [-0.25, -0.2) is 5.06 Å². The van der Waals surface area contributed by atoms with Crippen LogP contribution in [0.2, 0.25) is 23.2 Å². The summed E-state index contributed by atoms with van der Waals surface area (Å²) in [6.45, 7) is 25.4. The van der Waals surface area contributed by atoms with E-state index in [9.17, 15) is 4.79 Å². The van der Waals surface area contributed by atoms with E-state index in [1.807, 2.05) is 6.92 Å². The zero-order valence-corrected chi connectivity index (χ0v) is 33.2. The summed E-state index contributed by atoms with van der Waals surface area (Å²) < 4.78 is 20.6. The number of nitrogens with zero attached hydrogens (tertiary/aromatic N) is 1. The zero-order valence-electron chi connectivity index (χ0n) is 31.2. The number of carbonyl (C=O) groups excluding carboxylic acids is 1. The average molecular weight is 682 g/mol. The normalized spacial score (nSPS) is 19.1. The molecule has 0 saturated carbocycles. The van der Waals surface area contributed by atoms with E-state index in [2.05, 4.69) is 122 Å². The van der Waals surface area contributed by atoms with Gasteiger partial charge < -0.3 is 13.6 Å². The van der Waals surface area contributed by atoms with Crippen LogP contribution in [-0.2, 0) is 23.2 Å². The molecular formula is C39H63NO5Si2. The van der Waals surface area contributed by atoms with Gasteiger partial charge in [-0.2, -0.15) is 0 Å². The highest BCUT2D eigenvalue weighted by molar-refractivity contribution is 6.99. The minimum Gasteiger partial charge on any atom is -0.414 e. The van der Waals surface area contributed by atoms with Crippen molar-refractivity contribution in [2.45, 2.75) is 128 Å². The lowest BCUT2D eigenvalue weighted by atomic mass is 9.96. The molecule has 1 aliphatic heterocycles. The van der Waals surface area contributed by atoms with Crippen LogP contribution >= 0.6 is 0 Å². The zero-order chi connectivity index (χ0) is 35.0. The third-order valence-corrected chi connectivity index (χ3v) is 19.9. The fraction of sp³-hybridized carbons (Fsp3) is 0.615. The first-order chi connectivity index (χ1) is 21.9. The van der Waals surface area contributed by atoms with Crippen molar-refractivity contribution >= 4 is 32.9 Å². The van der Waals surface area contributed by atoms with Crippen molar-refractivity contribution in [2.75, 3.05) is 20.8 Å². The highest BCUT2D eigenvalue weighted by Crippen LogP contribution is 2.40. The van der Waals surface area contributed by atoms with Crippen LogP contribution in [0, 0.1) is 5.92 Å². The Kier molecular flexibility index (Phi) is 13.9. The van der Waals surface area contributed by atoms with E-state index in [0.29, 0.717) is 13.0 Å². The van der Waals surface area contributed by atoms with Crippen LogP contribution in [0.15, 0.2) is 72.8 Å². The van der Waals surface area contributed by atoms with E-state index >= 15 is 0 Å². The van der Waals surface area contributed by atoms with E-state index in [1.165, 1.54) is 22.5 Å². The van der Waals surface area contributed by atoms with Crippen molar-refractivity contribution in [2.24, 2.45) is 5.92 Å². The van der Waals surface area contributed by atoms with Crippen LogP contribution in [0.3, 0.4) is 0 Å². The van der Waals surface area contributed by atoms with Crippen molar-refractivity contribution in [1.82, 2.24) is 5.06 Å². The molecule has 0 radical (unpaired) electrons. The Hall–Kier alpha value is -2.08. The smallest absolute Gasteiger partial charge is 0.261 e. The summed E-state index contributed by atoms with van der Waals surface area (Å²) in [4.78, 5) is 18.0. The molecule has 8 heteroatoms. The molecule has 1 aliphatic rings. The quantitative estimate of drug-likeness (QED) is 0.0773. The first-order valence-corrected chi connectivity index (χ1v) is 22.3. The molecule has 2 aromatic carbocycles. The lowest BCUT2D eigenvalue weighted by Crippen LogP contribution is -2.66. The summed E-state index contributed by atoms with van der Waals surface area (Å²) in [5, 5.41) is 3.98. The van der Waals surface area contributed by atoms with Gasteiger partial charge >= 0.3 is 0 Å². The van der Waals surface area contributed by atoms with Gasteiger partial charge in [-0.1, -0.05) is 116 Å². The van der Waals surface area contributed by atoms with Gasteiger partial charge in [0, 0.05) is 25.7 Å². The molecule has 1 amide bonds. The molecule has 1 saturated heterocycles. The summed E-state index contributed by atoms with van der Waals surface area (Å²) in [6.07, 6.45) is 5.19. The predicted octanol–water partition coefficient (Wildman–Crippen LogP) is 8.27. The number of ether oxygens (including phenoxy) is 1. The molecule has 262 valence electrons. The molecule has 2 aromatic rings. The maximum absolute atomic E-state index is 12.8. The second-order valence-electron chi connectivity index (χ2n) is 16.0. The summed E-state index contributed by atoms with van der Waals surface area (Å²) in [5.74, 6) is -0.232. The number of amides is 1. The van der Waals surface area contributed by atoms with Crippen LogP contribution < -0.4 is 10.4 Å². The highest BCUT2D eigenvalue weighted by Gasteiger charge is 2.50. The van der Waals surface area contributed by atoms with Crippen LogP contribution in [0.1, 0.15) is 87.0 Å². The summed E-state index contributed by atoms with van der Waals surface area (Å²) in [5.41, 5.74) is 1.16. The SMILES string of the molecule is C=C1CC(CCCO[Si](c2ccccc2)(c2ccccc2)C(C)(C)C)OC1CC[C@@H](CC(C)C(=O)N(C)OC)O[Si](C)(C)C(C)(C)C. The Balaban J connectivity index is 1.64. The molecule has 0 spiro atoms. The van der Waals surface area contributed by atoms with E-state index < -0.39 is 16.6 Å². The minimum absolute atomic E-state index is 0.00997. The van der Waals surface area contributed by atoms with Crippen molar-refractivity contribution in [1.29, 1.82) is 0 Å². The van der Waals surface area contributed by atoms with Crippen molar-refractivity contribution < 1.29 is 23.2 Å². The summed E-state index contributed by atoms with van der Waals surface area (Å²) in [6, 6.07) is 21.7. The average Bonchev–Trinajstić information content (AvgIpc) is 3.37. The van der Waals surface area contributed by atoms with Crippen molar-refractivity contribution in [3.05, 3.63) is 72.8 Å². The fourth-order valence-corrected chi connectivity index (χ4v) is 12.6. The van der Waals surface area contributed by atoms with Gasteiger partial charge in [0.25, 0.3) is 8.32 Å². The number of benzene rings is 2. The first-order valence-electron chi connectivity index (χ1n) is 17.5. The largest absolute Gasteiger partial charge is 0.414 e. The lowest BCUT2D eigenvalue weighted by molar-refractivity contribution is -0.173. The Morgan fingerprint density at radius 1 is 0.957 bits per heavy atom. The molecule has 1 heterocycles. The summed E-state index contributed by atoms with van der Waals surface area (Å²) in [7, 11) is -1.40. The van der Waals surface area contributed by atoms with Gasteiger partial charge in [-0.3, -0.25) is 9.63 Å². The fourth-order valence-electron chi connectivity index (χ4n) is 6.59. The second kappa shape index (κ2) is 16.6. The van der Waals surface area contributed by atoms with Crippen LogP contribution in [-0.4, -0.2) is 66.7 Å². The van der Waals surface area contributed by atoms with E-state index in [-0.39, 0.29) is 40.2 Å². The van der Waals surface area contributed by atoms with Gasteiger partial charge in [0.2, 0.25) is 5.91 Å². The second-order valence-corrected chi connectivity index (χ2v) is 25.1. The number of hydroxylamine groups is 2. The lowest BCUT2D eigenvalue weighted by Gasteiger charge is -2.43. The Morgan fingerprint density at radius 2 is 1.51 bits per heavy atom. The molecule has 1 fully saturated rings. The summed E-state index contributed by atoms with van der Waals surface area (Å²) >= 11 is 0. The van der Waals surface area contributed by atoms with Crippen LogP contribution in [0.4, 0.5) is 0 Å². The van der Waals surface area contributed by atoms with Gasteiger partial charge in [0.15, 0.2) is 8.32 Å². The molecule has 0 bridgehead atoms. The van der Waals surface area contributed by atoms with Crippen LogP contribution in [0.25, 0.3) is 0 Å². The maximum Gasteiger partial charge on any atom is 0.261 e. The Morgan fingerprint density at radius 3 is 2.00 bits per heavy atom. The molecule has 47 heavy (non-hydrogen) atoms. The molecule has 4 atom stereocenters. The highest BCUT2D eigenvalue weighted by atomic mass is 28.4. The van der Waals surface area contributed by atoms with Crippen LogP contribution in [0.5, 0.6) is 0 Å². The third-order valence-electron chi connectivity index (χ3n) is 10.3. The first kappa shape index (κ1) is 39.4. The molecule has 0 aliphatic carbocycles. The van der Waals surface area contributed by atoms with E-state index in [4.69, 9.17) is 18.4 Å². The number of hydrogen-bond acceptors (Lipinski definition) is 5. The topological polar surface area (TPSA) is 57.2 Å². The third kappa shape index (κ3) is 9.99. The van der Waals surface area contributed by atoms with Crippen molar-refractivity contribution in [3.63, 3.8) is 0 Å². The molecule has 3 rings (SSSR count). The number of rotatable bonds is 16. The molecule has 3 unspecified atom stereocenters. The van der Waals surface area contributed by atoms with Gasteiger partial charge in [-0.05, 0) is 77.6 Å².